The van der Waals surface area contributed by atoms with Crippen molar-refractivity contribution in [3.05, 3.63) is 95.0 Å². The van der Waals surface area contributed by atoms with E-state index in [1.807, 2.05) is 66.7 Å². The van der Waals surface area contributed by atoms with E-state index in [2.05, 4.69) is 17.4 Å². The van der Waals surface area contributed by atoms with Crippen LogP contribution in [0.2, 0.25) is 5.02 Å². The molecule has 4 heteroatoms. The Morgan fingerprint density at radius 3 is 2.38 bits per heavy atom. The summed E-state index contributed by atoms with van der Waals surface area (Å²) in [5, 5.41) is 4.31. The first kappa shape index (κ1) is 17.2. The van der Waals surface area contributed by atoms with Gasteiger partial charge < -0.3 is 5.32 Å². The smallest absolute Gasteiger partial charge is 0.185 e. The zero-order chi connectivity index (χ0) is 17.9. The Labute approximate surface area is 162 Å². The van der Waals surface area contributed by atoms with Crippen LogP contribution in [0.3, 0.4) is 0 Å². The van der Waals surface area contributed by atoms with Crippen LogP contribution in [0.15, 0.2) is 83.8 Å². The van der Waals surface area contributed by atoms with Crippen LogP contribution in [0.5, 0.6) is 0 Å². The summed E-state index contributed by atoms with van der Waals surface area (Å²) in [5.41, 5.74) is 2.89. The maximum Gasteiger partial charge on any atom is 0.185 e. The number of carbonyl (C=O) groups excluding carboxylic acids is 1. The lowest BCUT2D eigenvalue weighted by Gasteiger charge is -2.32. The Morgan fingerprint density at radius 2 is 1.65 bits per heavy atom. The van der Waals surface area contributed by atoms with Crippen LogP contribution < -0.4 is 5.32 Å². The van der Waals surface area contributed by atoms with Gasteiger partial charge in [0, 0.05) is 26.4 Å². The number of hydrogen-bond donors (Lipinski definition) is 1. The second kappa shape index (κ2) is 7.56. The van der Waals surface area contributed by atoms with Crippen molar-refractivity contribution in [2.45, 2.75) is 22.6 Å². The van der Waals surface area contributed by atoms with Crippen LogP contribution in [-0.2, 0) is 0 Å². The molecular formula is C22H18ClNOS. The van der Waals surface area contributed by atoms with E-state index in [0.29, 0.717) is 0 Å². The van der Waals surface area contributed by atoms with Gasteiger partial charge in [-0.15, -0.1) is 11.8 Å². The molecular weight excluding hydrogens is 362 g/mol. The van der Waals surface area contributed by atoms with Crippen molar-refractivity contribution >= 4 is 34.8 Å². The van der Waals surface area contributed by atoms with Gasteiger partial charge in [-0.3, -0.25) is 4.79 Å². The third-order valence-electron chi connectivity index (χ3n) is 4.54. The normalized spacial score (nSPS) is 18.7. The van der Waals surface area contributed by atoms with Crippen LogP contribution in [0.4, 0.5) is 5.69 Å². The first-order chi connectivity index (χ1) is 12.7. The number of carbonyl (C=O) groups is 1. The molecule has 0 bridgehead atoms. The zero-order valence-electron chi connectivity index (χ0n) is 14.1. The van der Waals surface area contributed by atoms with Crippen molar-refractivity contribution in [2.75, 3.05) is 5.32 Å². The Morgan fingerprint density at radius 1 is 0.962 bits per heavy atom. The van der Waals surface area contributed by atoms with E-state index in [1.54, 1.807) is 11.8 Å². The van der Waals surface area contributed by atoms with E-state index in [4.69, 9.17) is 11.6 Å². The van der Waals surface area contributed by atoms with Crippen molar-refractivity contribution in [1.82, 2.24) is 0 Å². The Hall–Kier alpha value is -2.23. The Balaban J connectivity index is 1.66. The Bertz CT molecular complexity index is 914. The summed E-state index contributed by atoms with van der Waals surface area (Å²) in [6.45, 7) is 0. The minimum atomic E-state index is -0.243. The van der Waals surface area contributed by atoms with Gasteiger partial charge in [-0.05, 0) is 42.3 Å². The molecule has 2 atom stereocenters. The fourth-order valence-corrected chi connectivity index (χ4v) is 4.70. The lowest BCUT2D eigenvalue weighted by molar-refractivity contribution is 0.0964. The highest BCUT2D eigenvalue weighted by atomic mass is 35.5. The van der Waals surface area contributed by atoms with Crippen molar-refractivity contribution in [3.63, 3.8) is 0 Å². The van der Waals surface area contributed by atoms with Gasteiger partial charge in [-0.25, -0.2) is 0 Å². The maximum absolute atomic E-state index is 13.0. The van der Waals surface area contributed by atoms with E-state index >= 15 is 0 Å². The first-order valence-electron chi connectivity index (χ1n) is 8.57. The lowest BCUT2D eigenvalue weighted by Crippen LogP contribution is -2.34. The SMILES string of the molecule is O=C(c1ccccc1)C1CC(Sc2ccccc2)c2cc(Cl)ccc2N1. The molecule has 3 aromatic carbocycles. The van der Waals surface area contributed by atoms with Crippen LogP contribution in [-0.4, -0.2) is 11.8 Å². The summed E-state index contributed by atoms with van der Waals surface area (Å²) in [6, 6.07) is 25.4. The number of thioether (sulfide) groups is 1. The van der Waals surface area contributed by atoms with Crippen LogP contribution in [0.1, 0.15) is 27.6 Å². The number of anilines is 1. The lowest BCUT2D eigenvalue weighted by atomic mass is 9.92. The van der Waals surface area contributed by atoms with Gasteiger partial charge in [0.1, 0.15) is 0 Å². The highest BCUT2D eigenvalue weighted by Crippen LogP contribution is 2.46. The summed E-state index contributed by atoms with van der Waals surface area (Å²) < 4.78 is 0. The summed E-state index contributed by atoms with van der Waals surface area (Å²) in [4.78, 5) is 14.2. The number of hydrogen-bond acceptors (Lipinski definition) is 3. The molecule has 0 fully saturated rings. The molecule has 3 aromatic rings. The maximum atomic E-state index is 13.0. The minimum Gasteiger partial charge on any atom is -0.375 e. The summed E-state index contributed by atoms with van der Waals surface area (Å²) in [6.07, 6.45) is 0.723. The standard InChI is InChI=1S/C22H18ClNOS/c23-16-11-12-19-18(13-16)21(26-17-9-5-2-6-10-17)14-20(24-19)22(25)15-7-3-1-4-8-15/h1-13,20-21,24H,14H2. The quantitative estimate of drug-likeness (QED) is 0.544. The number of ketones is 1. The number of Topliss-reactive ketones (excluding diaryl/α,β-unsaturated/α-hetero) is 1. The fourth-order valence-electron chi connectivity index (χ4n) is 3.27. The molecule has 1 N–H and O–H groups in total. The molecule has 2 nitrogen and oxygen atoms in total. The molecule has 0 saturated heterocycles. The predicted octanol–water partition coefficient (Wildman–Crippen LogP) is 6.24. The molecule has 4 rings (SSSR count). The van der Waals surface area contributed by atoms with E-state index < -0.39 is 0 Å². The van der Waals surface area contributed by atoms with E-state index in [1.165, 1.54) is 4.90 Å². The summed E-state index contributed by atoms with van der Waals surface area (Å²) >= 11 is 8.02. The van der Waals surface area contributed by atoms with E-state index in [9.17, 15) is 4.79 Å². The van der Waals surface area contributed by atoms with Gasteiger partial charge in [0.15, 0.2) is 5.78 Å². The molecule has 1 heterocycles. The summed E-state index contributed by atoms with van der Waals surface area (Å²) in [5.74, 6) is 0.130. The second-order valence-electron chi connectivity index (χ2n) is 6.31. The number of rotatable bonds is 4. The first-order valence-corrected chi connectivity index (χ1v) is 9.83. The molecule has 1 aliphatic heterocycles. The fraction of sp³-hybridized carbons (Fsp3) is 0.136. The predicted molar refractivity (Wildman–Crippen MR) is 109 cm³/mol. The van der Waals surface area contributed by atoms with Crippen LogP contribution in [0, 0.1) is 0 Å². The second-order valence-corrected chi connectivity index (χ2v) is 8.03. The largest absolute Gasteiger partial charge is 0.375 e. The molecule has 26 heavy (non-hydrogen) atoms. The monoisotopic (exact) mass is 379 g/mol. The number of halogens is 1. The zero-order valence-corrected chi connectivity index (χ0v) is 15.6. The molecule has 0 saturated carbocycles. The highest BCUT2D eigenvalue weighted by molar-refractivity contribution is 7.99. The van der Waals surface area contributed by atoms with Gasteiger partial charge in [0.05, 0.1) is 6.04 Å². The van der Waals surface area contributed by atoms with Crippen molar-refractivity contribution < 1.29 is 4.79 Å². The van der Waals surface area contributed by atoms with Gasteiger partial charge in [0.25, 0.3) is 0 Å². The number of nitrogens with one attached hydrogen (secondary N) is 1. The van der Waals surface area contributed by atoms with Gasteiger partial charge >= 0.3 is 0 Å². The van der Waals surface area contributed by atoms with Crippen molar-refractivity contribution in [1.29, 1.82) is 0 Å². The topological polar surface area (TPSA) is 29.1 Å². The van der Waals surface area contributed by atoms with Gasteiger partial charge in [-0.2, -0.15) is 0 Å². The van der Waals surface area contributed by atoms with E-state index in [-0.39, 0.29) is 17.1 Å². The number of benzene rings is 3. The van der Waals surface area contributed by atoms with Crippen molar-refractivity contribution in [2.24, 2.45) is 0 Å². The van der Waals surface area contributed by atoms with Crippen LogP contribution in [0.25, 0.3) is 0 Å². The van der Waals surface area contributed by atoms with Crippen molar-refractivity contribution in [3.8, 4) is 0 Å². The molecule has 1 aliphatic rings. The summed E-state index contributed by atoms with van der Waals surface area (Å²) in [7, 11) is 0. The Kier molecular flexibility index (Phi) is 5.00. The molecule has 0 spiro atoms. The molecule has 0 amide bonds. The average Bonchev–Trinajstić information content (AvgIpc) is 2.69. The minimum absolute atomic E-state index is 0.130. The van der Waals surface area contributed by atoms with Gasteiger partial charge in [-0.1, -0.05) is 60.1 Å². The third-order valence-corrected chi connectivity index (χ3v) is 6.05. The van der Waals surface area contributed by atoms with E-state index in [0.717, 1.165) is 28.3 Å². The highest BCUT2D eigenvalue weighted by Gasteiger charge is 2.32. The molecule has 2 unspecified atom stereocenters. The molecule has 0 aromatic heterocycles. The van der Waals surface area contributed by atoms with Gasteiger partial charge in [0.2, 0.25) is 0 Å². The average molecular weight is 380 g/mol. The van der Waals surface area contributed by atoms with Crippen LogP contribution >= 0.6 is 23.4 Å². The molecule has 130 valence electrons. The number of fused-ring (bicyclic) bond motifs is 1. The molecule has 0 radical (unpaired) electrons. The molecule has 0 aliphatic carbocycles. The third kappa shape index (κ3) is 3.64.